The van der Waals surface area contributed by atoms with Crippen molar-refractivity contribution in [3.8, 4) is 12.3 Å². The lowest BCUT2D eigenvalue weighted by Crippen LogP contribution is -2.05. The zero-order valence-electron chi connectivity index (χ0n) is 12.3. The smallest absolute Gasteiger partial charge is 0.194 e. The number of aromatic nitrogens is 3. The minimum Gasteiger partial charge on any atom is -0.378 e. The zero-order chi connectivity index (χ0) is 15.1. The van der Waals surface area contributed by atoms with Crippen LogP contribution in [-0.2, 0) is 6.54 Å². The van der Waals surface area contributed by atoms with Crippen molar-refractivity contribution in [2.24, 2.45) is 0 Å². The molecular weight excluding hydrogens is 292 g/mol. The van der Waals surface area contributed by atoms with E-state index in [0.29, 0.717) is 5.92 Å². The maximum atomic E-state index is 5.42. The summed E-state index contributed by atoms with van der Waals surface area (Å²) in [5, 5.41) is 5.67. The summed E-state index contributed by atoms with van der Waals surface area (Å²) < 4.78 is 2.32. The van der Waals surface area contributed by atoms with Crippen molar-refractivity contribution in [3.05, 3.63) is 46.5 Å². The number of imidazole rings is 1. The molecule has 0 atom stereocenters. The number of anilines is 1. The van der Waals surface area contributed by atoms with E-state index >= 15 is 0 Å². The second-order valence-electron chi connectivity index (χ2n) is 5.66. The lowest BCUT2D eigenvalue weighted by molar-refractivity contribution is 0.914. The molecule has 0 bridgehead atoms. The van der Waals surface area contributed by atoms with Crippen LogP contribution >= 0.6 is 11.3 Å². The molecule has 0 saturated heterocycles. The Morgan fingerprint density at radius 2 is 2.32 bits per heavy atom. The maximum absolute atomic E-state index is 5.42. The first-order valence-corrected chi connectivity index (χ1v) is 8.25. The Bertz CT molecular complexity index is 880. The monoisotopic (exact) mass is 308 g/mol. The molecule has 5 heteroatoms. The molecule has 110 valence electrons. The molecule has 0 spiro atoms. The zero-order valence-corrected chi connectivity index (χ0v) is 13.2. The van der Waals surface area contributed by atoms with Gasteiger partial charge in [0.1, 0.15) is 0 Å². The number of nitrogens with one attached hydrogen (secondary N) is 1. The van der Waals surface area contributed by atoms with Gasteiger partial charge in [-0.05, 0) is 25.8 Å². The van der Waals surface area contributed by atoms with Gasteiger partial charge in [-0.2, -0.15) is 0 Å². The Morgan fingerprint density at radius 3 is 3.09 bits per heavy atom. The minimum atomic E-state index is 0.715. The second kappa shape index (κ2) is 5.15. The fourth-order valence-corrected chi connectivity index (χ4v) is 3.75. The number of aryl methyl sites for hydroxylation is 1. The molecule has 1 saturated carbocycles. The van der Waals surface area contributed by atoms with Gasteiger partial charge in [-0.3, -0.25) is 9.38 Å². The molecule has 4 nitrogen and oxygen atoms in total. The first-order chi connectivity index (χ1) is 10.8. The third kappa shape index (κ3) is 2.26. The summed E-state index contributed by atoms with van der Waals surface area (Å²) in [6.45, 7) is 2.79. The van der Waals surface area contributed by atoms with Gasteiger partial charge in [0.15, 0.2) is 4.96 Å². The number of fused-ring (bicyclic) bond motifs is 1. The van der Waals surface area contributed by atoms with Crippen LogP contribution in [0.2, 0.25) is 0 Å². The molecule has 3 heterocycles. The summed E-state index contributed by atoms with van der Waals surface area (Å²) in [6.07, 6.45) is 11.5. The number of thiazole rings is 1. The molecule has 1 N–H and O–H groups in total. The largest absolute Gasteiger partial charge is 0.378 e. The summed E-state index contributed by atoms with van der Waals surface area (Å²) in [7, 11) is 0. The molecule has 0 unspecified atom stereocenters. The second-order valence-corrected chi connectivity index (χ2v) is 6.49. The van der Waals surface area contributed by atoms with Gasteiger partial charge in [-0.15, -0.1) is 17.8 Å². The van der Waals surface area contributed by atoms with Crippen LogP contribution in [0.4, 0.5) is 5.69 Å². The minimum absolute atomic E-state index is 0.715. The topological polar surface area (TPSA) is 42.2 Å². The number of nitrogens with zero attached hydrogens (tertiary/aromatic N) is 3. The van der Waals surface area contributed by atoms with Crippen molar-refractivity contribution in [2.75, 3.05) is 5.32 Å². The Hall–Kier alpha value is -2.32. The molecule has 22 heavy (non-hydrogen) atoms. The summed E-state index contributed by atoms with van der Waals surface area (Å²) >= 11 is 1.73. The van der Waals surface area contributed by atoms with E-state index in [0.717, 1.165) is 28.5 Å². The van der Waals surface area contributed by atoms with E-state index in [1.54, 1.807) is 23.7 Å². The third-order valence-electron chi connectivity index (χ3n) is 4.05. The highest BCUT2D eigenvalue weighted by Crippen LogP contribution is 2.42. The number of hydrogen-bond donors (Lipinski definition) is 1. The molecule has 0 aliphatic heterocycles. The molecule has 3 aromatic rings. The van der Waals surface area contributed by atoms with Crippen LogP contribution in [0.5, 0.6) is 0 Å². The van der Waals surface area contributed by atoms with Gasteiger partial charge in [0.2, 0.25) is 0 Å². The van der Waals surface area contributed by atoms with Gasteiger partial charge in [-0.25, -0.2) is 4.98 Å². The van der Waals surface area contributed by atoms with E-state index in [1.807, 2.05) is 6.07 Å². The van der Waals surface area contributed by atoms with E-state index in [1.165, 1.54) is 24.2 Å². The highest BCUT2D eigenvalue weighted by molar-refractivity contribution is 7.15. The van der Waals surface area contributed by atoms with E-state index in [9.17, 15) is 0 Å². The Morgan fingerprint density at radius 1 is 1.45 bits per heavy atom. The molecule has 0 radical (unpaired) electrons. The Kier molecular flexibility index (Phi) is 3.12. The highest BCUT2D eigenvalue weighted by Gasteiger charge is 2.28. The summed E-state index contributed by atoms with van der Waals surface area (Å²) in [5.74, 6) is 3.33. The molecular formula is C17H16N4S. The number of hydrogen-bond acceptors (Lipinski definition) is 4. The molecule has 1 aliphatic rings. The first-order valence-electron chi connectivity index (χ1n) is 7.37. The van der Waals surface area contributed by atoms with Crippen molar-refractivity contribution < 1.29 is 0 Å². The van der Waals surface area contributed by atoms with Crippen LogP contribution in [0, 0.1) is 19.3 Å². The summed E-state index contributed by atoms with van der Waals surface area (Å²) in [5.41, 5.74) is 5.45. The standard InChI is InChI=1S/C17H16N4S/c1-3-12-6-14(8-18-7-12)19-9-15-11(2)20-17-21(15)16(10-22-17)13-4-5-13/h1,6-8,10,13,19H,4-5,9H2,2H3. The predicted octanol–water partition coefficient (Wildman–Crippen LogP) is 3.57. The van der Waals surface area contributed by atoms with Gasteiger partial charge < -0.3 is 5.32 Å². The van der Waals surface area contributed by atoms with Crippen LogP contribution in [0.3, 0.4) is 0 Å². The van der Waals surface area contributed by atoms with Crippen LogP contribution in [0.25, 0.3) is 4.96 Å². The average Bonchev–Trinajstić information content (AvgIpc) is 3.22. The van der Waals surface area contributed by atoms with Gasteiger partial charge in [0.05, 0.1) is 29.8 Å². The van der Waals surface area contributed by atoms with Crippen molar-refractivity contribution in [1.29, 1.82) is 0 Å². The van der Waals surface area contributed by atoms with E-state index in [-0.39, 0.29) is 0 Å². The molecule has 1 fully saturated rings. The molecule has 0 amide bonds. The van der Waals surface area contributed by atoms with Crippen molar-refractivity contribution >= 4 is 22.0 Å². The van der Waals surface area contributed by atoms with E-state index < -0.39 is 0 Å². The Balaban J connectivity index is 1.64. The van der Waals surface area contributed by atoms with Gasteiger partial charge in [0.25, 0.3) is 0 Å². The summed E-state index contributed by atoms with van der Waals surface area (Å²) in [6, 6.07) is 1.94. The van der Waals surface area contributed by atoms with Crippen molar-refractivity contribution in [3.63, 3.8) is 0 Å². The van der Waals surface area contributed by atoms with E-state index in [2.05, 4.69) is 37.9 Å². The lowest BCUT2D eigenvalue weighted by Gasteiger charge is -2.08. The predicted molar refractivity (Wildman–Crippen MR) is 89.3 cm³/mol. The first kappa shape index (κ1) is 13.4. The third-order valence-corrected chi connectivity index (χ3v) is 4.89. The molecule has 4 rings (SSSR count). The van der Waals surface area contributed by atoms with Crippen molar-refractivity contribution in [1.82, 2.24) is 14.4 Å². The average molecular weight is 308 g/mol. The van der Waals surface area contributed by atoms with Crippen LogP contribution < -0.4 is 5.32 Å². The SMILES string of the molecule is C#Cc1cncc(NCc2c(C)nc3scc(C4CC4)n23)c1. The number of terminal acetylenes is 1. The normalized spacial score (nSPS) is 14.2. The molecule has 0 aromatic carbocycles. The maximum Gasteiger partial charge on any atom is 0.194 e. The van der Waals surface area contributed by atoms with Gasteiger partial charge >= 0.3 is 0 Å². The van der Waals surface area contributed by atoms with E-state index in [4.69, 9.17) is 6.42 Å². The van der Waals surface area contributed by atoms with Gasteiger partial charge in [-0.1, -0.05) is 5.92 Å². The molecule has 1 aliphatic carbocycles. The van der Waals surface area contributed by atoms with Crippen LogP contribution in [0.1, 0.15) is 41.4 Å². The quantitative estimate of drug-likeness (QED) is 0.749. The fourth-order valence-electron chi connectivity index (χ4n) is 2.71. The van der Waals surface area contributed by atoms with Gasteiger partial charge in [0, 0.05) is 28.8 Å². The number of rotatable bonds is 4. The van der Waals surface area contributed by atoms with Crippen molar-refractivity contribution in [2.45, 2.75) is 32.2 Å². The van der Waals surface area contributed by atoms with Crippen LogP contribution in [-0.4, -0.2) is 14.4 Å². The molecule has 3 aromatic heterocycles. The number of pyridine rings is 1. The van der Waals surface area contributed by atoms with Crippen LogP contribution in [0.15, 0.2) is 23.8 Å². The lowest BCUT2D eigenvalue weighted by atomic mass is 10.2. The fraction of sp³-hybridized carbons (Fsp3) is 0.294. The highest BCUT2D eigenvalue weighted by atomic mass is 32.1. The Labute approximate surface area is 133 Å². The summed E-state index contributed by atoms with van der Waals surface area (Å²) in [4.78, 5) is 9.93.